The number of benzene rings is 2. The first-order valence-electron chi connectivity index (χ1n) is 7.63. The van der Waals surface area contributed by atoms with E-state index in [1.54, 1.807) is 36.4 Å². The van der Waals surface area contributed by atoms with Crippen LogP contribution in [0.4, 0.5) is 0 Å². The molecule has 0 saturated heterocycles. The highest BCUT2D eigenvalue weighted by molar-refractivity contribution is 6.30. The van der Waals surface area contributed by atoms with Crippen LogP contribution in [0.1, 0.15) is 35.7 Å². The molecule has 0 aromatic heterocycles. The molecule has 1 heterocycles. The fraction of sp³-hybridized carbons (Fsp3) is 0.222. The number of carbonyl (C=O) groups is 1. The second-order valence-corrected chi connectivity index (χ2v) is 6.09. The summed E-state index contributed by atoms with van der Waals surface area (Å²) >= 11 is 5.91. The molecule has 1 atom stereocenters. The highest BCUT2D eigenvalue weighted by atomic mass is 35.5. The lowest BCUT2D eigenvalue weighted by molar-refractivity contribution is -0.0766. The van der Waals surface area contributed by atoms with Crippen molar-refractivity contribution in [2.75, 3.05) is 0 Å². The molecule has 5 nitrogen and oxygen atoms in total. The van der Waals surface area contributed by atoms with E-state index in [1.165, 1.54) is 12.1 Å². The average Bonchev–Trinajstić information content (AvgIpc) is 2.93. The highest BCUT2D eigenvalue weighted by Gasteiger charge is 2.46. The van der Waals surface area contributed by atoms with Gasteiger partial charge >= 0.3 is 0 Å². The molecular formula is C18H17ClN2O3. The van der Waals surface area contributed by atoms with Crippen LogP contribution in [-0.4, -0.2) is 26.8 Å². The molecule has 2 N–H and O–H groups in total. The summed E-state index contributed by atoms with van der Waals surface area (Å²) in [5, 5.41) is 27.0. The Labute approximate surface area is 144 Å². The largest absolute Gasteiger partial charge is 0.507 e. The van der Waals surface area contributed by atoms with E-state index in [2.05, 4.69) is 5.10 Å². The number of phenolic OH excluding ortho intramolecular Hbond substituents is 1. The van der Waals surface area contributed by atoms with E-state index in [1.807, 2.05) is 6.92 Å². The van der Waals surface area contributed by atoms with Gasteiger partial charge in [0.1, 0.15) is 5.75 Å². The number of hydrogen-bond acceptors (Lipinski definition) is 4. The van der Waals surface area contributed by atoms with Gasteiger partial charge in [-0.1, -0.05) is 42.8 Å². The summed E-state index contributed by atoms with van der Waals surface area (Å²) in [6.07, 6.45) is 0.824. The molecule has 0 spiro atoms. The van der Waals surface area contributed by atoms with Gasteiger partial charge in [0.15, 0.2) is 5.72 Å². The van der Waals surface area contributed by atoms with Crippen molar-refractivity contribution in [3.63, 3.8) is 0 Å². The van der Waals surface area contributed by atoms with E-state index in [9.17, 15) is 15.0 Å². The van der Waals surface area contributed by atoms with Gasteiger partial charge in [0, 0.05) is 22.7 Å². The molecule has 6 heteroatoms. The second kappa shape index (κ2) is 6.26. The van der Waals surface area contributed by atoms with Crippen molar-refractivity contribution in [3.05, 3.63) is 64.7 Å². The van der Waals surface area contributed by atoms with Crippen LogP contribution in [-0.2, 0) is 5.72 Å². The lowest BCUT2D eigenvalue weighted by Crippen LogP contribution is -2.43. The Balaban J connectivity index is 2.05. The maximum Gasteiger partial charge on any atom is 0.280 e. The molecular weight excluding hydrogens is 328 g/mol. The summed E-state index contributed by atoms with van der Waals surface area (Å²) in [6, 6.07) is 12.8. The van der Waals surface area contributed by atoms with Crippen molar-refractivity contribution in [2.45, 2.75) is 25.5 Å². The van der Waals surface area contributed by atoms with Gasteiger partial charge in [0.2, 0.25) is 0 Å². The van der Waals surface area contributed by atoms with E-state index in [0.717, 1.165) is 5.01 Å². The Bertz CT molecular complexity index is 804. The second-order valence-electron chi connectivity index (χ2n) is 5.65. The van der Waals surface area contributed by atoms with Gasteiger partial charge in [-0.2, -0.15) is 10.1 Å². The maximum absolute atomic E-state index is 12.9. The zero-order chi connectivity index (χ0) is 17.3. The Morgan fingerprint density at radius 1 is 1.25 bits per heavy atom. The zero-order valence-corrected chi connectivity index (χ0v) is 13.9. The number of phenols is 1. The van der Waals surface area contributed by atoms with E-state index < -0.39 is 11.6 Å². The maximum atomic E-state index is 12.9. The molecule has 0 radical (unpaired) electrons. The molecule has 2 aromatic carbocycles. The summed E-state index contributed by atoms with van der Waals surface area (Å²) in [5.41, 5.74) is -0.292. The van der Waals surface area contributed by atoms with Crippen molar-refractivity contribution >= 4 is 23.2 Å². The standard InChI is InChI=1S/C18H17ClN2O3/c1-2-14-11-18(24,12-7-9-13(19)10-8-12)21(20-14)17(23)15-5-3-4-6-16(15)22/h3-10,22,24H,2,11H2,1H3. The lowest BCUT2D eigenvalue weighted by Gasteiger charge is -2.31. The molecule has 1 aliphatic rings. The van der Waals surface area contributed by atoms with Gasteiger partial charge < -0.3 is 10.2 Å². The molecule has 24 heavy (non-hydrogen) atoms. The number of aliphatic hydroxyl groups is 1. The minimum atomic E-state index is -1.60. The lowest BCUT2D eigenvalue weighted by atomic mass is 9.96. The Morgan fingerprint density at radius 2 is 1.92 bits per heavy atom. The Hall–Kier alpha value is -2.37. The van der Waals surface area contributed by atoms with Crippen LogP contribution < -0.4 is 0 Å². The van der Waals surface area contributed by atoms with Crippen LogP contribution in [0.3, 0.4) is 0 Å². The third-order valence-electron chi connectivity index (χ3n) is 4.08. The van der Waals surface area contributed by atoms with Crippen molar-refractivity contribution in [3.8, 4) is 5.75 Å². The van der Waals surface area contributed by atoms with E-state index in [-0.39, 0.29) is 17.7 Å². The summed E-state index contributed by atoms with van der Waals surface area (Å²) in [7, 11) is 0. The molecule has 0 saturated carbocycles. The number of aromatic hydroxyl groups is 1. The first-order chi connectivity index (χ1) is 11.5. The van der Waals surface area contributed by atoms with Crippen molar-refractivity contribution in [1.82, 2.24) is 5.01 Å². The Kier molecular flexibility index (Phi) is 4.30. The summed E-state index contributed by atoms with van der Waals surface area (Å²) in [5.74, 6) is -0.713. The third kappa shape index (κ3) is 2.77. The highest BCUT2D eigenvalue weighted by Crippen LogP contribution is 2.38. The van der Waals surface area contributed by atoms with Crippen molar-refractivity contribution in [2.24, 2.45) is 5.10 Å². The molecule has 1 aliphatic heterocycles. The summed E-state index contributed by atoms with van der Waals surface area (Å²) in [6.45, 7) is 1.91. The zero-order valence-electron chi connectivity index (χ0n) is 13.1. The third-order valence-corrected chi connectivity index (χ3v) is 4.34. The van der Waals surface area contributed by atoms with E-state index >= 15 is 0 Å². The predicted octanol–water partition coefficient (Wildman–Crippen LogP) is 3.50. The number of para-hydroxylation sites is 1. The smallest absolute Gasteiger partial charge is 0.280 e. The average molecular weight is 345 g/mol. The molecule has 1 amide bonds. The van der Waals surface area contributed by atoms with Gasteiger partial charge in [-0.25, -0.2) is 0 Å². The molecule has 0 aliphatic carbocycles. The number of hydrazone groups is 1. The number of carbonyl (C=O) groups excluding carboxylic acids is 1. The minimum Gasteiger partial charge on any atom is -0.507 e. The van der Waals surface area contributed by atoms with Crippen LogP contribution in [0.2, 0.25) is 5.02 Å². The van der Waals surface area contributed by atoms with Gasteiger partial charge in [-0.3, -0.25) is 4.79 Å². The van der Waals surface area contributed by atoms with Crippen LogP contribution in [0.15, 0.2) is 53.6 Å². The minimum absolute atomic E-state index is 0.0889. The normalized spacial score (nSPS) is 20.1. The number of amides is 1. The monoisotopic (exact) mass is 344 g/mol. The molecule has 0 fully saturated rings. The quantitative estimate of drug-likeness (QED) is 0.895. The van der Waals surface area contributed by atoms with Gasteiger partial charge in [-0.05, 0) is 30.7 Å². The van der Waals surface area contributed by atoms with Crippen LogP contribution >= 0.6 is 11.6 Å². The first kappa shape index (κ1) is 16.5. The topological polar surface area (TPSA) is 73.1 Å². The van der Waals surface area contributed by atoms with Gasteiger partial charge in [0.05, 0.1) is 5.56 Å². The van der Waals surface area contributed by atoms with E-state index in [4.69, 9.17) is 11.6 Å². The van der Waals surface area contributed by atoms with Gasteiger partial charge in [0.25, 0.3) is 5.91 Å². The van der Waals surface area contributed by atoms with Crippen LogP contribution in [0.25, 0.3) is 0 Å². The van der Waals surface area contributed by atoms with Crippen molar-refractivity contribution in [1.29, 1.82) is 0 Å². The van der Waals surface area contributed by atoms with E-state index in [0.29, 0.717) is 22.7 Å². The number of halogens is 1. The molecule has 124 valence electrons. The predicted molar refractivity (Wildman–Crippen MR) is 92.0 cm³/mol. The van der Waals surface area contributed by atoms with Gasteiger partial charge in [-0.15, -0.1) is 0 Å². The number of hydrogen-bond donors (Lipinski definition) is 2. The first-order valence-corrected chi connectivity index (χ1v) is 8.01. The SMILES string of the molecule is CCC1=NN(C(=O)c2ccccc2O)C(O)(c2ccc(Cl)cc2)C1. The molecule has 1 unspecified atom stereocenters. The molecule has 3 rings (SSSR count). The summed E-state index contributed by atoms with van der Waals surface area (Å²) < 4.78 is 0. The molecule has 0 bridgehead atoms. The fourth-order valence-corrected chi connectivity index (χ4v) is 2.86. The van der Waals surface area contributed by atoms with Crippen molar-refractivity contribution < 1.29 is 15.0 Å². The Morgan fingerprint density at radius 3 is 2.54 bits per heavy atom. The number of nitrogens with zero attached hydrogens (tertiary/aromatic N) is 2. The summed E-state index contributed by atoms with van der Waals surface area (Å²) in [4.78, 5) is 12.9. The molecule has 2 aromatic rings. The van der Waals surface area contributed by atoms with Crippen LogP contribution in [0, 0.1) is 0 Å². The number of rotatable bonds is 3. The van der Waals surface area contributed by atoms with Crippen LogP contribution in [0.5, 0.6) is 5.75 Å². The fourth-order valence-electron chi connectivity index (χ4n) is 2.74.